The Morgan fingerprint density at radius 3 is 2.50 bits per heavy atom. The van der Waals surface area contributed by atoms with E-state index in [1.165, 1.54) is 46.6 Å². The highest BCUT2D eigenvalue weighted by atomic mass is 32.1. The van der Waals surface area contributed by atoms with Gasteiger partial charge in [-0.2, -0.15) is 0 Å². The molecule has 3 rings (SSSR count). The zero-order valence-electron chi connectivity index (χ0n) is 14.4. The number of benzene rings is 2. The van der Waals surface area contributed by atoms with E-state index in [0.29, 0.717) is 6.07 Å². The van der Waals surface area contributed by atoms with E-state index in [1.807, 2.05) is 5.38 Å². The van der Waals surface area contributed by atoms with E-state index >= 15 is 0 Å². The maximum Gasteiger partial charge on any atom is 0.269 e. The summed E-state index contributed by atoms with van der Waals surface area (Å²) in [7, 11) is 0. The van der Waals surface area contributed by atoms with Gasteiger partial charge in [-0.25, -0.2) is 8.78 Å². The Balaban J connectivity index is 1.77. The van der Waals surface area contributed by atoms with Crippen LogP contribution in [0, 0.1) is 21.7 Å². The number of hydrogen-bond donors (Lipinski definition) is 0. The van der Waals surface area contributed by atoms with Gasteiger partial charge in [-0.1, -0.05) is 6.07 Å². The number of carbonyl (C=O) groups is 1. The van der Waals surface area contributed by atoms with Crippen LogP contribution in [0.1, 0.15) is 4.88 Å². The predicted molar refractivity (Wildman–Crippen MR) is 100 cm³/mol. The third kappa shape index (κ3) is 4.68. The van der Waals surface area contributed by atoms with E-state index < -0.39 is 29.1 Å². The average molecular weight is 404 g/mol. The Labute approximate surface area is 162 Å². The van der Waals surface area contributed by atoms with E-state index in [0.717, 1.165) is 10.9 Å². The Morgan fingerprint density at radius 2 is 1.89 bits per heavy atom. The number of rotatable bonds is 7. The summed E-state index contributed by atoms with van der Waals surface area (Å²) >= 11 is 1.40. The van der Waals surface area contributed by atoms with Crippen molar-refractivity contribution in [1.82, 2.24) is 0 Å². The number of anilines is 1. The molecule has 144 valence electrons. The molecule has 1 amide bonds. The van der Waals surface area contributed by atoms with Gasteiger partial charge in [0, 0.05) is 23.1 Å². The summed E-state index contributed by atoms with van der Waals surface area (Å²) in [5, 5.41) is 12.5. The van der Waals surface area contributed by atoms with Crippen LogP contribution in [0.3, 0.4) is 0 Å². The lowest BCUT2D eigenvalue weighted by Crippen LogP contribution is -2.35. The third-order valence-electron chi connectivity index (χ3n) is 3.81. The van der Waals surface area contributed by atoms with Gasteiger partial charge in [-0.15, -0.1) is 11.3 Å². The summed E-state index contributed by atoms with van der Waals surface area (Å²) in [5.41, 5.74) is -0.168. The molecule has 1 aromatic heterocycles. The molecule has 0 unspecified atom stereocenters. The normalized spacial score (nSPS) is 10.5. The molecule has 0 aliphatic rings. The van der Waals surface area contributed by atoms with Crippen LogP contribution < -0.4 is 9.64 Å². The summed E-state index contributed by atoms with van der Waals surface area (Å²) in [6.45, 7) is -0.317. The SMILES string of the molecule is O=C(COc1ccc([N+](=O)[O-])cc1)N(Cc1cccs1)c1ccc(F)cc1F. The maximum atomic E-state index is 14.2. The number of nitro benzene ring substituents is 1. The Bertz CT molecular complexity index is 978. The number of hydrogen-bond acceptors (Lipinski definition) is 5. The number of halogens is 2. The fourth-order valence-corrected chi connectivity index (χ4v) is 3.15. The van der Waals surface area contributed by atoms with Gasteiger partial charge in [0.05, 0.1) is 17.2 Å². The summed E-state index contributed by atoms with van der Waals surface area (Å²) in [4.78, 5) is 24.8. The van der Waals surface area contributed by atoms with Crippen molar-refractivity contribution in [3.63, 3.8) is 0 Å². The second-order valence-corrected chi connectivity index (χ2v) is 6.73. The van der Waals surface area contributed by atoms with E-state index in [1.54, 1.807) is 12.1 Å². The molecule has 6 nitrogen and oxygen atoms in total. The largest absolute Gasteiger partial charge is 0.484 e. The first-order valence-electron chi connectivity index (χ1n) is 8.09. The molecular formula is C19H14F2N2O4S. The van der Waals surface area contributed by atoms with Gasteiger partial charge in [0.15, 0.2) is 6.61 Å². The van der Waals surface area contributed by atoms with Gasteiger partial charge in [0.25, 0.3) is 11.6 Å². The van der Waals surface area contributed by atoms with Crippen LogP contribution in [0.15, 0.2) is 60.0 Å². The summed E-state index contributed by atoms with van der Waals surface area (Å²) < 4.78 is 32.9. The van der Waals surface area contributed by atoms with Crippen molar-refractivity contribution in [1.29, 1.82) is 0 Å². The number of carbonyl (C=O) groups excluding carboxylic acids is 1. The lowest BCUT2D eigenvalue weighted by atomic mass is 10.2. The Kier molecular flexibility index (Phi) is 5.95. The molecule has 0 aliphatic carbocycles. The van der Waals surface area contributed by atoms with Gasteiger partial charge < -0.3 is 9.64 Å². The molecule has 0 saturated heterocycles. The molecule has 0 atom stereocenters. The average Bonchev–Trinajstić information content (AvgIpc) is 3.18. The monoisotopic (exact) mass is 404 g/mol. The van der Waals surface area contributed by atoms with Gasteiger partial charge in [0.2, 0.25) is 0 Å². The molecule has 0 spiro atoms. The number of thiophene rings is 1. The number of nitrogens with zero attached hydrogens (tertiary/aromatic N) is 2. The second-order valence-electron chi connectivity index (χ2n) is 5.69. The van der Waals surface area contributed by atoms with Gasteiger partial charge >= 0.3 is 0 Å². The molecule has 0 N–H and O–H groups in total. The van der Waals surface area contributed by atoms with Gasteiger partial charge in [-0.3, -0.25) is 14.9 Å². The first-order valence-corrected chi connectivity index (χ1v) is 8.97. The number of nitro groups is 1. The quantitative estimate of drug-likeness (QED) is 0.428. The molecule has 1 heterocycles. The molecule has 0 saturated carbocycles. The molecule has 0 bridgehead atoms. The fourth-order valence-electron chi connectivity index (χ4n) is 2.45. The van der Waals surface area contributed by atoms with Crippen molar-refractivity contribution in [2.75, 3.05) is 11.5 Å². The predicted octanol–water partition coefficient (Wildman–Crippen LogP) is 4.55. The third-order valence-corrected chi connectivity index (χ3v) is 4.67. The van der Waals surface area contributed by atoms with Crippen LogP contribution in [0.25, 0.3) is 0 Å². The first-order chi connectivity index (χ1) is 13.4. The fraction of sp³-hybridized carbons (Fsp3) is 0.105. The van der Waals surface area contributed by atoms with Crippen molar-refractivity contribution in [2.45, 2.75) is 6.54 Å². The van der Waals surface area contributed by atoms with Crippen molar-refractivity contribution in [3.05, 3.63) is 86.6 Å². The minimum atomic E-state index is -0.861. The highest BCUT2D eigenvalue weighted by molar-refractivity contribution is 7.09. The smallest absolute Gasteiger partial charge is 0.269 e. The van der Waals surface area contributed by atoms with Gasteiger partial charge in [-0.05, 0) is 35.7 Å². The van der Waals surface area contributed by atoms with E-state index in [9.17, 15) is 23.7 Å². The lowest BCUT2D eigenvalue weighted by molar-refractivity contribution is -0.384. The van der Waals surface area contributed by atoms with Crippen molar-refractivity contribution in [3.8, 4) is 5.75 Å². The molecule has 0 radical (unpaired) electrons. The van der Waals surface area contributed by atoms with Crippen LogP contribution >= 0.6 is 11.3 Å². The van der Waals surface area contributed by atoms with Crippen LogP contribution in [0.4, 0.5) is 20.2 Å². The van der Waals surface area contributed by atoms with Crippen LogP contribution in [-0.4, -0.2) is 17.4 Å². The van der Waals surface area contributed by atoms with Crippen molar-refractivity contribution >= 4 is 28.6 Å². The lowest BCUT2D eigenvalue weighted by Gasteiger charge is -2.23. The Hall–Kier alpha value is -3.33. The second kappa shape index (κ2) is 8.57. The highest BCUT2D eigenvalue weighted by Gasteiger charge is 2.21. The van der Waals surface area contributed by atoms with Crippen molar-refractivity contribution < 1.29 is 23.2 Å². The van der Waals surface area contributed by atoms with Crippen LogP contribution in [0.5, 0.6) is 5.75 Å². The molecular weight excluding hydrogens is 390 g/mol. The van der Waals surface area contributed by atoms with E-state index in [2.05, 4.69) is 0 Å². The summed E-state index contributed by atoms with van der Waals surface area (Å²) in [6.07, 6.45) is 0. The topological polar surface area (TPSA) is 72.7 Å². The molecule has 28 heavy (non-hydrogen) atoms. The van der Waals surface area contributed by atoms with Gasteiger partial charge in [0.1, 0.15) is 17.4 Å². The first kappa shape index (κ1) is 19.4. The number of non-ortho nitro benzene ring substituents is 1. The zero-order chi connectivity index (χ0) is 20.1. The molecule has 2 aromatic carbocycles. The molecule has 0 aliphatic heterocycles. The maximum absolute atomic E-state index is 14.2. The molecule has 9 heteroatoms. The minimum absolute atomic E-state index is 0.0629. The van der Waals surface area contributed by atoms with E-state index in [-0.39, 0.29) is 23.7 Å². The van der Waals surface area contributed by atoms with Crippen molar-refractivity contribution in [2.24, 2.45) is 0 Å². The van der Waals surface area contributed by atoms with E-state index in [4.69, 9.17) is 4.74 Å². The standard InChI is InChI=1S/C19H14F2N2O4S/c20-13-3-8-18(17(21)10-13)22(11-16-2-1-9-28-16)19(24)12-27-15-6-4-14(5-7-15)23(25)26/h1-10H,11-12H2. The summed E-state index contributed by atoms with van der Waals surface area (Å²) in [6, 6.07) is 11.8. The molecule has 0 fully saturated rings. The van der Waals surface area contributed by atoms with Crippen LogP contribution in [0.2, 0.25) is 0 Å². The zero-order valence-corrected chi connectivity index (χ0v) is 15.2. The number of amides is 1. The highest BCUT2D eigenvalue weighted by Crippen LogP contribution is 2.24. The number of ether oxygens (including phenoxy) is 1. The van der Waals surface area contributed by atoms with Crippen LogP contribution in [-0.2, 0) is 11.3 Å². The summed E-state index contributed by atoms with van der Waals surface area (Å²) in [5.74, 6) is -1.89. The minimum Gasteiger partial charge on any atom is -0.484 e. The molecule has 3 aromatic rings. The Morgan fingerprint density at radius 1 is 1.14 bits per heavy atom.